The van der Waals surface area contributed by atoms with Gasteiger partial charge in [-0.1, -0.05) is 63.2 Å². The van der Waals surface area contributed by atoms with Crippen LogP contribution in [0.2, 0.25) is 0 Å². The zero-order valence-electron chi connectivity index (χ0n) is 29.9. The van der Waals surface area contributed by atoms with E-state index >= 15 is 0 Å². The molecule has 0 unspecified atom stereocenters. The molecule has 3 aromatic rings. The molecule has 284 valence electrons. The zero-order chi connectivity index (χ0) is 39.0. The summed E-state index contributed by atoms with van der Waals surface area (Å²) in [5.74, 6) is -12.4. The lowest BCUT2D eigenvalue weighted by atomic mass is 9.86. The quantitative estimate of drug-likeness (QED) is 0.127. The molecule has 0 bridgehead atoms. The van der Waals surface area contributed by atoms with E-state index in [2.05, 4.69) is 16.0 Å². The Hall–Kier alpha value is -5.31. The molecule has 15 heteroatoms. The summed E-state index contributed by atoms with van der Waals surface area (Å²) in [6.45, 7) is 6.11. The van der Waals surface area contributed by atoms with Crippen LogP contribution in [-0.2, 0) is 38.6 Å². The molecule has 0 saturated heterocycles. The van der Waals surface area contributed by atoms with E-state index in [4.69, 9.17) is 4.74 Å². The minimum atomic E-state index is -2.29. The number of hydrogen-bond acceptors (Lipinski definition) is 6. The van der Waals surface area contributed by atoms with Crippen molar-refractivity contribution in [3.05, 3.63) is 113 Å². The number of carbonyl (C=O) groups is 4. The maximum Gasteiger partial charge on any atom is 0.250 e. The van der Waals surface area contributed by atoms with E-state index in [1.54, 1.807) is 59.0 Å². The van der Waals surface area contributed by atoms with E-state index in [0.29, 0.717) is 17.9 Å². The van der Waals surface area contributed by atoms with E-state index in [-0.39, 0.29) is 6.42 Å². The number of halogens is 5. The number of likely N-dealkylation sites (N-methyl/N-ethyl adjacent to an activating group) is 1. The summed E-state index contributed by atoms with van der Waals surface area (Å²) in [4.78, 5) is 55.4. The van der Waals surface area contributed by atoms with Crippen molar-refractivity contribution in [2.24, 2.45) is 5.41 Å². The molecule has 10 nitrogen and oxygen atoms in total. The summed E-state index contributed by atoms with van der Waals surface area (Å²) >= 11 is 0. The summed E-state index contributed by atoms with van der Waals surface area (Å²) in [5.41, 5.74) is -0.281. The normalized spacial score (nSPS) is 15.6. The van der Waals surface area contributed by atoms with E-state index in [9.17, 15) is 41.1 Å². The second kappa shape index (κ2) is 17.5. The maximum atomic E-state index is 14.4. The number of hydrogen-bond donors (Lipinski definition) is 3. The number of rotatable bonds is 14. The molecular formula is C38H42F5N5O5. The molecule has 4 amide bonds. The van der Waals surface area contributed by atoms with Crippen molar-refractivity contribution in [1.82, 2.24) is 25.8 Å². The molecule has 0 fully saturated rings. The third kappa shape index (κ3) is 9.97. The molecule has 0 radical (unpaired) electrons. The Balaban J connectivity index is 1.54. The number of benzene rings is 3. The van der Waals surface area contributed by atoms with Gasteiger partial charge >= 0.3 is 0 Å². The van der Waals surface area contributed by atoms with Gasteiger partial charge in [0.1, 0.15) is 24.4 Å². The Morgan fingerprint density at radius 1 is 0.830 bits per heavy atom. The Morgan fingerprint density at radius 3 is 2.02 bits per heavy atom. The van der Waals surface area contributed by atoms with Crippen LogP contribution in [0, 0.1) is 34.5 Å². The molecule has 1 aliphatic rings. The standard InChI is InChI=1S/C38H42F5N5O5/c1-22(44-5)35(50)46-34(38(2,3)4)36(51)45-20-28(49)48-18-17-47(16-15-26-29(39)31(41)33(43)32(42)30(26)40)37(52)27(48)19-23-11-13-25(14-12-23)53-21-24-9-7-6-8-10-24/h6-14,17-18,22,27,34,44H,15-16,19-21H2,1-5H3,(H,45,51)(H,46,50)/t22-,27-,34+/m0/s1. The van der Waals surface area contributed by atoms with Gasteiger partial charge in [0.15, 0.2) is 23.3 Å². The van der Waals surface area contributed by atoms with Gasteiger partial charge in [0.25, 0.3) is 0 Å². The van der Waals surface area contributed by atoms with Crippen molar-refractivity contribution in [3.63, 3.8) is 0 Å². The summed E-state index contributed by atoms with van der Waals surface area (Å²) in [6, 6.07) is 13.4. The fraction of sp³-hybridized carbons (Fsp3) is 0.368. The fourth-order valence-corrected chi connectivity index (χ4v) is 5.49. The predicted octanol–water partition coefficient (Wildman–Crippen LogP) is 4.51. The summed E-state index contributed by atoms with van der Waals surface area (Å²) in [5, 5.41) is 8.02. The van der Waals surface area contributed by atoms with Crippen molar-refractivity contribution in [2.45, 2.75) is 65.3 Å². The number of amides is 4. The number of nitrogens with one attached hydrogen (secondary N) is 3. The Labute approximate surface area is 304 Å². The molecule has 0 spiro atoms. The van der Waals surface area contributed by atoms with Gasteiger partial charge in [0.05, 0.1) is 12.6 Å². The van der Waals surface area contributed by atoms with Gasteiger partial charge in [-0.25, -0.2) is 22.0 Å². The lowest BCUT2D eigenvalue weighted by Crippen LogP contribution is -2.58. The monoisotopic (exact) mass is 743 g/mol. The minimum Gasteiger partial charge on any atom is -0.489 e. The van der Waals surface area contributed by atoms with Crippen LogP contribution in [0.4, 0.5) is 22.0 Å². The average molecular weight is 744 g/mol. The van der Waals surface area contributed by atoms with Crippen LogP contribution >= 0.6 is 0 Å². The lowest BCUT2D eigenvalue weighted by Gasteiger charge is -2.36. The first-order valence-corrected chi connectivity index (χ1v) is 16.8. The Bertz CT molecular complexity index is 1810. The van der Waals surface area contributed by atoms with Crippen molar-refractivity contribution in [3.8, 4) is 5.75 Å². The first-order chi connectivity index (χ1) is 25.0. The van der Waals surface area contributed by atoms with E-state index in [1.807, 2.05) is 30.3 Å². The highest BCUT2D eigenvalue weighted by atomic mass is 19.2. The smallest absolute Gasteiger partial charge is 0.250 e. The van der Waals surface area contributed by atoms with Gasteiger partial charge in [0, 0.05) is 30.9 Å². The van der Waals surface area contributed by atoms with Gasteiger partial charge in [-0.2, -0.15) is 0 Å². The molecule has 4 rings (SSSR count). The second-order valence-electron chi connectivity index (χ2n) is 13.6. The first kappa shape index (κ1) is 40.5. The van der Waals surface area contributed by atoms with E-state index in [1.165, 1.54) is 6.20 Å². The molecule has 0 saturated carbocycles. The van der Waals surface area contributed by atoms with Crippen LogP contribution in [0.5, 0.6) is 5.75 Å². The summed E-state index contributed by atoms with van der Waals surface area (Å²) in [6.07, 6.45) is 1.62. The highest BCUT2D eigenvalue weighted by molar-refractivity contribution is 5.94. The topological polar surface area (TPSA) is 120 Å². The van der Waals surface area contributed by atoms with Crippen molar-refractivity contribution >= 4 is 23.6 Å². The molecule has 1 aliphatic heterocycles. The predicted molar refractivity (Wildman–Crippen MR) is 185 cm³/mol. The van der Waals surface area contributed by atoms with E-state index in [0.717, 1.165) is 21.6 Å². The van der Waals surface area contributed by atoms with Crippen LogP contribution in [0.1, 0.15) is 44.4 Å². The number of carbonyl (C=O) groups excluding carboxylic acids is 4. The molecule has 53 heavy (non-hydrogen) atoms. The van der Waals surface area contributed by atoms with Crippen LogP contribution in [0.25, 0.3) is 0 Å². The van der Waals surface area contributed by atoms with Crippen LogP contribution < -0.4 is 20.7 Å². The van der Waals surface area contributed by atoms with E-state index < -0.39 is 101 Å². The Morgan fingerprint density at radius 2 is 1.43 bits per heavy atom. The molecule has 0 aromatic heterocycles. The van der Waals surface area contributed by atoms with Crippen LogP contribution in [0.3, 0.4) is 0 Å². The van der Waals surface area contributed by atoms with Gasteiger partial charge in [-0.15, -0.1) is 0 Å². The summed E-state index contributed by atoms with van der Waals surface area (Å²) in [7, 11) is 1.59. The fourth-order valence-electron chi connectivity index (χ4n) is 5.49. The van der Waals surface area contributed by atoms with Gasteiger partial charge < -0.3 is 30.5 Å². The summed E-state index contributed by atoms with van der Waals surface area (Å²) < 4.78 is 76.0. The van der Waals surface area contributed by atoms with Gasteiger partial charge in [-0.05, 0) is 49.1 Å². The third-order valence-corrected chi connectivity index (χ3v) is 8.76. The van der Waals surface area contributed by atoms with Crippen molar-refractivity contribution < 1.29 is 45.9 Å². The van der Waals surface area contributed by atoms with Crippen molar-refractivity contribution in [1.29, 1.82) is 0 Å². The molecular weight excluding hydrogens is 701 g/mol. The van der Waals surface area contributed by atoms with Gasteiger partial charge in [-0.3, -0.25) is 19.2 Å². The van der Waals surface area contributed by atoms with Crippen molar-refractivity contribution in [2.75, 3.05) is 20.1 Å². The third-order valence-electron chi connectivity index (χ3n) is 8.76. The molecule has 0 aliphatic carbocycles. The first-order valence-electron chi connectivity index (χ1n) is 16.8. The average Bonchev–Trinajstić information content (AvgIpc) is 3.14. The molecule has 3 atom stereocenters. The van der Waals surface area contributed by atoms with Crippen LogP contribution in [-0.4, -0.2) is 71.7 Å². The molecule has 3 aromatic carbocycles. The zero-order valence-corrected chi connectivity index (χ0v) is 29.9. The minimum absolute atomic E-state index is 0.0522. The molecule has 3 N–H and O–H groups in total. The van der Waals surface area contributed by atoms with Crippen LogP contribution in [0.15, 0.2) is 67.0 Å². The largest absolute Gasteiger partial charge is 0.489 e. The van der Waals surface area contributed by atoms with Gasteiger partial charge in [0.2, 0.25) is 29.4 Å². The SMILES string of the molecule is CN[C@@H](C)C(=O)N[C@H](C(=O)NCC(=O)N1C=CN(CCc2c(F)c(F)c(F)c(F)c2F)C(=O)[C@@H]1Cc1ccc(OCc2ccccc2)cc1)C(C)(C)C. The highest BCUT2D eigenvalue weighted by Gasteiger charge is 2.37. The lowest BCUT2D eigenvalue weighted by molar-refractivity contribution is -0.143. The second-order valence-corrected chi connectivity index (χ2v) is 13.6. The highest BCUT2D eigenvalue weighted by Crippen LogP contribution is 2.26. The molecule has 1 heterocycles. The maximum absolute atomic E-state index is 14.4. The Kier molecular flexibility index (Phi) is 13.3. The number of nitrogens with zero attached hydrogens (tertiary/aromatic N) is 2. The number of ether oxygens (including phenoxy) is 1.